The van der Waals surface area contributed by atoms with Crippen LogP contribution in [0.4, 0.5) is 0 Å². The molecule has 0 aromatic carbocycles. The molecule has 0 radical (unpaired) electrons. The number of nitrogens with zero attached hydrogens (tertiary/aromatic N) is 1. The molecule has 1 heterocycles. The van der Waals surface area contributed by atoms with Gasteiger partial charge in [0, 0.05) is 24.2 Å². The summed E-state index contributed by atoms with van der Waals surface area (Å²) in [5.74, 6) is -0.726. The second kappa shape index (κ2) is 6.51. The lowest BCUT2D eigenvalue weighted by Gasteiger charge is -2.19. The van der Waals surface area contributed by atoms with Crippen molar-refractivity contribution in [3.05, 3.63) is 27.4 Å². The maximum atomic E-state index is 11.8. The molecule has 0 atom stereocenters. The molecule has 7 nitrogen and oxygen atoms in total. The van der Waals surface area contributed by atoms with Gasteiger partial charge in [0.1, 0.15) is 5.82 Å². The number of amides is 1. The van der Waals surface area contributed by atoms with E-state index in [1.165, 1.54) is 13.8 Å². The van der Waals surface area contributed by atoms with Crippen LogP contribution < -0.4 is 10.9 Å². The molecule has 3 N–H and O–H groups in total. The van der Waals surface area contributed by atoms with Crippen LogP contribution in [0.5, 0.6) is 0 Å². The zero-order valence-electron chi connectivity index (χ0n) is 12.7. The third-order valence-corrected chi connectivity index (χ3v) is 3.25. The van der Waals surface area contributed by atoms with Crippen LogP contribution in [0.1, 0.15) is 37.4 Å². The van der Waals surface area contributed by atoms with Crippen molar-refractivity contribution in [3.63, 3.8) is 0 Å². The summed E-state index contributed by atoms with van der Waals surface area (Å²) in [6.45, 7) is 6.53. The van der Waals surface area contributed by atoms with Crippen LogP contribution in [0.15, 0.2) is 4.79 Å². The number of aromatic amines is 1. The highest BCUT2D eigenvalue weighted by atomic mass is 16.4. The van der Waals surface area contributed by atoms with Crippen LogP contribution >= 0.6 is 0 Å². The molecule has 0 saturated heterocycles. The number of aryl methyl sites for hydroxylation is 2. The monoisotopic (exact) mass is 295 g/mol. The second-order valence-corrected chi connectivity index (χ2v) is 5.68. The van der Waals surface area contributed by atoms with Gasteiger partial charge in [-0.05, 0) is 34.1 Å². The van der Waals surface area contributed by atoms with Gasteiger partial charge in [0.05, 0.1) is 5.41 Å². The highest BCUT2D eigenvalue weighted by Gasteiger charge is 2.27. The van der Waals surface area contributed by atoms with E-state index >= 15 is 0 Å². The quantitative estimate of drug-likeness (QED) is 0.709. The van der Waals surface area contributed by atoms with Crippen molar-refractivity contribution in [1.29, 1.82) is 0 Å². The molecule has 1 aromatic rings. The smallest absolute Gasteiger partial charge is 0.310 e. The number of aliphatic carboxylic acids is 1. The highest BCUT2D eigenvalue weighted by molar-refractivity contribution is 5.78. The first-order valence-electron chi connectivity index (χ1n) is 6.70. The van der Waals surface area contributed by atoms with Crippen molar-refractivity contribution in [3.8, 4) is 0 Å². The summed E-state index contributed by atoms with van der Waals surface area (Å²) in [6, 6.07) is 0. The minimum absolute atomic E-state index is 0.0443. The van der Waals surface area contributed by atoms with Gasteiger partial charge in [-0.25, -0.2) is 4.98 Å². The first-order chi connectivity index (χ1) is 9.63. The Hall–Kier alpha value is -2.18. The highest BCUT2D eigenvalue weighted by Crippen LogP contribution is 2.13. The minimum atomic E-state index is -1.02. The molecule has 0 aliphatic rings. The number of rotatable bonds is 6. The average Bonchev–Trinajstić information content (AvgIpc) is 2.35. The van der Waals surface area contributed by atoms with Crippen LogP contribution in [0, 0.1) is 19.3 Å². The number of aromatic nitrogens is 2. The van der Waals surface area contributed by atoms with Crippen molar-refractivity contribution in [1.82, 2.24) is 15.3 Å². The fourth-order valence-corrected chi connectivity index (χ4v) is 1.77. The van der Waals surface area contributed by atoms with Gasteiger partial charge in [-0.1, -0.05) is 0 Å². The van der Waals surface area contributed by atoms with E-state index in [0.717, 1.165) is 0 Å². The number of carbonyl (C=O) groups excluding carboxylic acids is 1. The van der Waals surface area contributed by atoms with Crippen molar-refractivity contribution in [2.45, 2.75) is 40.5 Å². The lowest BCUT2D eigenvalue weighted by atomic mass is 9.94. The summed E-state index contributed by atoms with van der Waals surface area (Å²) in [7, 11) is 0. The van der Waals surface area contributed by atoms with E-state index in [-0.39, 0.29) is 30.9 Å². The number of hydrogen-bond acceptors (Lipinski definition) is 4. The summed E-state index contributed by atoms with van der Waals surface area (Å²) < 4.78 is 0. The number of carbonyl (C=O) groups is 2. The van der Waals surface area contributed by atoms with Crippen LogP contribution in [-0.2, 0) is 16.0 Å². The van der Waals surface area contributed by atoms with Gasteiger partial charge in [-0.15, -0.1) is 0 Å². The minimum Gasteiger partial charge on any atom is -0.481 e. The molecule has 0 fully saturated rings. The van der Waals surface area contributed by atoms with Crippen LogP contribution in [-0.4, -0.2) is 33.5 Å². The van der Waals surface area contributed by atoms with Gasteiger partial charge in [0.15, 0.2) is 0 Å². The molecule has 0 aliphatic carbocycles. The van der Waals surface area contributed by atoms with E-state index in [2.05, 4.69) is 15.3 Å². The topological polar surface area (TPSA) is 112 Å². The van der Waals surface area contributed by atoms with E-state index in [9.17, 15) is 14.4 Å². The number of carboxylic acids is 1. The lowest BCUT2D eigenvalue weighted by Crippen LogP contribution is -2.39. The molecule has 0 saturated carbocycles. The largest absolute Gasteiger partial charge is 0.481 e. The molecule has 1 aromatic heterocycles. The van der Waals surface area contributed by atoms with Gasteiger partial charge >= 0.3 is 5.97 Å². The summed E-state index contributed by atoms with van der Waals surface area (Å²) in [5.41, 5.74) is -0.170. The fourth-order valence-electron chi connectivity index (χ4n) is 1.77. The van der Waals surface area contributed by atoms with Crippen LogP contribution in [0.25, 0.3) is 0 Å². The Labute approximate surface area is 122 Å². The van der Waals surface area contributed by atoms with Gasteiger partial charge in [-0.2, -0.15) is 0 Å². The van der Waals surface area contributed by atoms with Crippen molar-refractivity contribution < 1.29 is 14.7 Å². The Balaban J connectivity index is 2.59. The van der Waals surface area contributed by atoms with Crippen molar-refractivity contribution in [2.75, 3.05) is 6.54 Å². The van der Waals surface area contributed by atoms with E-state index in [4.69, 9.17) is 5.11 Å². The molecule has 0 unspecified atom stereocenters. The number of carboxylic acid groups (broad SMARTS) is 1. The maximum Gasteiger partial charge on any atom is 0.310 e. The molecule has 0 bridgehead atoms. The summed E-state index contributed by atoms with van der Waals surface area (Å²) >= 11 is 0. The number of hydrogen-bond donors (Lipinski definition) is 3. The first-order valence-corrected chi connectivity index (χ1v) is 6.70. The predicted octanol–water partition coefficient (Wildman–Crippen LogP) is 0.546. The fraction of sp³-hybridized carbons (Fsp3) is 0.571. The molecule has 0 spiro atoms. The second-order valence-electron chi connectivity index (χ2n) is 5.68. The third-order valence-electron chi connectivity index (χ3n) is 3.25. The molecule has 7 heteroatoms. The Morgan fingerprint density at radius 1 is 1.33 bits per heavy atom. The molecule has 116 valence electrons. The van der Waals surface area contributed by atoms with Crippen LogP contribution in [0.2, 0.25) is 0 Å². The lowest BCUT2D eigenvalue weighted by molar-refractivity contribution is -0.146. The maximum absolute atomic E-state index is 11.8. The van der Waals surface area contributed by atoms with Gasteiger partial charge < -0.3 is 15.4 Å². The summed E-state index contributed by atoms with van der Waals surface area (Å²) in [4.78, 5) is 41.2. The van der Waals surface area contributed by atoms with E-state index in [1.54, 1.807) is 13.8 Å². The third kappa shape index (κ3) is 4.70. The predicted molar refractivity (Wildman–Crippen MR) is 77.1 cm³/mol. The molecule has 1 rings (SSSR count). The Morgan fingerprint density at radius 2 is 1.95 bits per heavy atom. The molecular formula is C14H21N3O4. The molecule has 21 heavy (non-hydrogen) atoms. The standard InChI is InChI=1S/C14H21N3O4/c1-8-10(12(19)17-9(2)16-8)5-6-11(18)15-7-14(3,4)13(20)21/h5-7H2,1-4H3,(H,15,18)(H,20,21)(H,16,17,19). The van der Waals surface area contributed by atoms with E-state index in [0.29, 0.717) is 17.1 Å². The summed E-state index contributed by atoms with van der Waals surface area (Å²) in [6.07, 6.45) is 0.387. The Bertz CT molecular complexity index is 605. The average molecular weight is 295 g/mol. The zero-order valence-corrected chi connectivity index (χ0v) is 12.7. The zero-order chi connectivity index (χ0) is 16.2. The normalized spacial score (nSPS) is 11.2. The molecular weight excluding hydrogens is 274 g/mol. The molecule has 0 aliphatic heterocycles. The van der Waals surface area contributed by atoms with Gasteiger partial charge in [0.2, 0.25) is 5.91 Å². The Morgan fingerprint density at radius 3 is 2.48 bits per heavy atom. The van der Waals surface area contributed by atoms with Crippen molar-refractivity contribution >= 4 is 11.9 Å². The van der Waals surface area contributed by atoms with Gasteiger partial charge in [0.25, 0.3) is 5.56 Å². The van der Waals surface area contributed by atoms with E-state index in [1.807, 2.05) is 0 Å². The first kappa shape index (κ1) is 16.9. The number of nitrogens with one attached hydrogen (secondary N) is 2. The SMILES string of the molecule is Cc1nc(C)c(CCC(=O)NCC(C)(C)C(=O)O)c(=O)[nH]1. The summed E-state index contributed by atoms with van der Waals surface area (Å²) in [5, 5.41) is 11.5. The number of H-pyrrole nitrogens is 1. The van der Waals surface area contributed by atoms with Crippen molar-refractivity contribution in [2.24, 2.45) is 5.41 Å². The Kier molecular flexibility index (Phi) is 5.23. The van der Waals surface area contributed by atoms with Crippen LogP contribution in [0.3, 0.4) is 0 Å². The molecule has 1 amide bonds. The van der Waals surface area contributed by atoms with E-state index < -0.39 is 11.4 Å². The van der Waals surface area contributed by atoms with Gasteiger partial charge in [-0.3, -0.25) is 14.4 Å².